The largest absolute Gasteiger partial charge is 0.389 e. The van der Waals surface area contributed by atoms with Crippen molar-refractivity contribution >= 4 is 0 Å². The molecule has 0 amide bonds. The average molecular weight is 207 g/mol. The van der Waals surface area contributed by atoms with Gasteiger partial charge < -0.3 is 10.4 Å². The van der Waals surface area contributed by atoms with Crippen molar-refractivity contribution in [2.75, 3.05) is 6.54 Å². The minimum atomic E-state index is -0.655. The number of aliphatic hydroxyl groups is 1. The Morgan fingerprint density at radius 3 is 2.60 bits per heavy atom. The van der Waals surface area contributed by atoms with E-state index in [1.807, 2.05) is 13.8 Å². The Balaban J connectivity index is 2.58. The maximum Gasteiger partial charge on any atom is 0.0715 e. The Morgan fingerprint density at radius 2 is 2.07 bits per heavy atom. The summed E-state index contributed by atoms with van der Waals surface area (Å²) in [6, 6.07) is 8.70. The van der Waals surface area contributed by atoms with Crippen LogP contribution < -0.4 is 5.32 Å². The maximum atomic E-state index is 9.61. The molecule has 0 saturated carbocycles. The SMILES string of the molecule is Cc1cccc([C@@H](C)NCC(C)(C)O)c1. The predicted octanol–water partition coefficient (Wildman–Crippen LogP) is 2.42. The fourth-order valence-electron chi connectivity index (χ4n) is 1.46. The summed E-state index contributed by atoms with van der Waals surface area (Å²) < 4.78 is 0. The van der Waals surface area contributed by atoms with E-state index in [9.17, 15) is 5.11 Å². The third-order valence-electron chi connectivity index (χ3n) is 2.38. The van der Waals surface area contributed by atoms with Crippen LogP contribution in [0.1, 0.15) is 37.9 Å². The van der Waals surface area contributed by atoms with Crippen LogP contribution in [-0.2, 0) is 0 Å². The van der Waals surface area contributed by atoms with Crippen LogP contribution in [0, 0.1) is 6.92 Å². The Kier molecular flexibility index (Phi) is 3.89. The molecule has 2 N–H and O–H groups in total. The minimum absolute atomic E-state index is 0.274. The van der Waals surface area contributed by atoms with E-state index in [1.54, 1.807) is 0 Å². The highest BCUT2D eigenvalue weighted by molar-refractivity contribution is 5.24. The quantitative estimate of drug-likeness (QED) is 0.794. The van der Waals surface area contributed by atoms with Crippen LogP contribution >= 0.6 is 0 Å². The second kappa shape index (κ2) is 4.77. The first-order chi connectivity index (χ1) is 6.88. The number of hydrogen-bond acceptors (Lipinski definition) is 2. The van der Waals surface area contributed by atoms with Crippen LogP contribution in [0.5, 0.6) is 0 Å². The van der Waals surface area contributed by atoms with Gasteiger partial charge in [0.05, 0.1) is 5.60 Å². The molecule has 2 nitrogen and oxygen atoms in total. The van der Waals surface area contributed by atoms with Gasteiger partial charge in [0.1, 0.15) is 0 Å². The molecule has 0 bridgehead atoms. The molecule has 84 valence electrons. The van der Waals surface area contributed by atoms with E-state index in [2.05, 4.69) is 43.4 Å². The average Bonchev–Trinajstić information content (AvgIpc) is 2.13. The highest BCUT2D eigenvalue weighted by Crippen LogP contribution is 2.14. The smallest absolute Gasteiger partial charge is 0.0715 e. The van der Waals surface area contributed by atoms with Gasteiger partial charge in [-0.25, -0.2) is 0 Å². The monoisotopic (exact) mass is 207 g/mol. The van der Waals surface area contributed by atoms with E-state index in [1.165, 1.54) is 11.1 Å². The summed E-state index contributed by atoms with van der Waals surface area (Å²) >= 11 is 0. The number of rotatable bonds is 4. The molecular formula is C13H21NO. The highest BCUT2D eigenvalue weighted by Gasteiger charge is 2.14. The van der Waals surface area contributed by atoms with Crippen LogP contribution in [0.2, 0.25) is 0 Å². The maximum absolute atomic E-state index is 9.61. The molecule has 0 fully saturated rings. The molecule has 0 radical (unpaired) electrons. The molecule has 1 atom stereocenters. The topological polar surface area (TPSA) is 32.3 Å². The van der Waals surface area contributed by atoms with Crippen LogP contribution in [0.4, 0.5) is 0 Å². The van der Waals surface area contributed by atoms with Crippen LogP contribution in [0.15, 0.2) is 24.3 Å². The van der Waals surface area contributed by atoms with Gasteiger partial charge in [-0.05, 0) is 33.3 Å². The summed E-state index contributed by atoms with van der Waals surface area (Å²) in [6.45, 7) is 8.42. The first-order valence-corrected chi connectivity index (χ1v) is 5.41. The van der Waals surface area contributed by atoms with Crippen LogP contribution in [0.3, 0.4) is 0 Å². The fourth-order valence-corrected chi connectivity index (χ4v) is 1.46. The van der Waals surface area contributed by atoms with Gasteiger partial charge in [0.25, 0.3) is 0 Å². The molecule has 0 aromatic heterocycles. The van der Waals surface area contributed by atoms with Crippen molar-refractivity contribution < 1.29 is 5.11 Å². The van der Waals surface area contributed by atoms with E-state index in [-0.39, 0.29) is 6.04 Å². The van der Waals surface area contributed by atoms with Gasteiger partial charge in [-0.2, -0.15) is 0 Å². The molecule has 0 spiro atoms. The fraction of sp³-hybridized carbons (Fsp3) is 0.538. The third kappa shape index (κ3) is 4.45. The van der Waals surface area contributed by atoms with Gasteiger partial charge >= 0.3 is 0 Å². The van der Waals surface area contributed by atoms with Crippen molar-refractivity contribution in [3.05, 3.63) is 35.4 Å². The Hall–Kier alpha value is -0.860. The van der Waals surface area contributed by atoms with E-state index >= 15 is 0 Å². The van der Waals surface area contributed by atoms with Crippen LogP contribution in [0.25, 0.3) is 0 Å². The van der Waals surface area contributed by atoms with Gasteiger partial charge in [-0.3, -0.25) is 0 Å². The lowest BCUT2D eigenvalue weighted by molar-refractivity contribution is 0.0770. The summed E-state index contributed by atoms with van der Waals surface area (Å²) in [4.78, 5) is 0. The summed E-state index contributed by atoms with van der Waals surface area (Å²) in [5.74, 6) is 0. The lowest BCUT2D eigenvalue weighted by Crippen LogP contribution is -2.36. The minimum Gasteiger partial charge on any atom is -0.389 e. The van der Waals surface area contributed by atoms with E-state index < -0.39 is 5.60 Å². The van der Waals surface area contributed by atoms with Gasteiger partial charge in [0.2, 0.25) is 0 Å². The Labute approximate surface area is 92.3 Å². The van der Waals surface area contributed by atoms with Gasteiger partial charge in [-0.15, -0.1) is 0 Å². The van der Waals surface area contributed by atoms with Crippen LogP contribution in [-0.4, -0.2) is 17.3 Å². The molecule has 2 heteroatoms. The van der Waals surface area contributed by atoms with E-state index in [4.69, 9.17) is 0 Å². The molecule has 1 rings (SSSR count). The van der Waals surface area contributed by atoms with E-state index in [0.29, 0.717) is 6.54 Å². The Morgan fingerprint density at radius 1 is 1.40 bits per heavy atom. The summed E-state index contributed by atoms with van der Waals surface area (Å²) in [7, 11) is 0. The van der Waals surface area contributed by atoms with Crippen molar-refractivity contribution in [2.24, 2.45) is 0 Å². The number of hydrogen-bond donors (Lipinski definition) is 2. The summed E-state index contributed by atoms with van der Waals surface area (Å²) in [5, 5.41) is 12.9. The molecule has 0 saturated heterocycles. The third-order valence-corrected chi connectivity index (χ3v) is 2.38. The first-order valence-electron chi connectivity index (χ1n) is 5.41. The highest BCUT2D eigenvalue weighted by atomic mass is 16.3. The number of benzene rings is 1. The van der Waals surface area contributed by atoms with E-state index in [0.717, 1.165) is 0 Å². The Bertz CT molecular complexity index is 315. The first kappa shape index (κ1) is 12.2. The van der Waals surface area contributed by atoms with Crippen molar-refractivity contribution in [1.82, 2.24) is 5.32 Å². The molecule has 15 heavy (non-hydrogen) atoms. The normalized spacial score (nSPS) is 13.9. The van der Waals surface area contributed by atoms with Gasteiger partial charge in [-0.1, -0.05) is 29.8 Å². The lowest BCUT2D eigenvalue weighted by atomic mass is 10.0. The standard InChI is InChI=1S/C13H21NO/c1-10-6-5-7-12(8-10)11(2)14-9-13(3,4)15/h5-8,11,14-15H,9H2,1-4H3/t11-/m1/s1. The van der Waals surface area contributed by atoms with Crippen molar-refractivity contribution in [3.63, 3.8) is 0 Å². The molecule has 0 heterocycles. The van der Waals surface area contributed by atoms with Gasteiger partial charge in [0, 0.05) is 12.6 Å². The predicted molar refractivity (Wildman–Crippen MR) is 63.9 cm³/mol. The van der Waals surface area contributed by atoms with Crippen molar-refractivity contribution in [2.45, 2.75) is 39.3 Å². The second-order valence-corrected chi connectivity index (χ2v) is 4.83. The number of aryl methyl sites for hydroxylation is 1. The van der Waals surface area contributed by atoms with Crippen molar-refractivity contribution in [3.8, 4) is 0 Å². The molecule has 1 aromatic rings. The molecule has 1 aromatic carbocycles. The molecular weight excluding hydrogens is 186 g/mol. The van der Waals surface area contributed by atoms with Gasteiger partial charge in [0.15, 0.2) is 0 Å². The second-order valence-electron chi connectivity index (χ2n) is 4.83. The summed E-state index contributed by atoms with van der Waals surface area (Å²) in [6.07, 6.45) is 0. The van der Waals surface area contributed by atoms with Crippen molar-refractivity contribution in [1.29, 1.82) is 0 Å². The molecule has 0 aliphatic rings. The number of nitrogens with one attached hydrogen (secondary N) is 1. The zero-order chi connectivity index (χ0) is 11.5. The molecule has 0 aliphatic heterocycles. The zero-order valence-corrected chi connectivity index (χ0v) is 10.0. The lowest BCUT2D eigenvalue weighted by Gasteiger charge is -2.22. The molecule has 0 aliphatic carbocycles. The summed E-state index contributed by atoms with van der Waals surface area (Å²) in [5.41, 5.74) is 1.88. The molecule has 0 unspecified atom stereocenters. The zero-order valence-electron chi connectivity index (χ0n) is 10.0.